The number of aromatic amines is 1. The Balaban J connectivity index is 2.84. The van der Waals surface area contributed by atoms with E-state index in [2.05, 4.69) is 15.2 Å². The van der Waals surface area contributed by atoms with Crippen LogP contribution in [0.4, 0.5) is 5.82 Å². The second-order valence-corrected chi connectivity index (χ2v) is 8.17. The molecule has 9 heteroatoms. The van der Waals surface area contributed by atoms with Gasteiger partial charge in [-0.2, -0.15) is 0 Å². The number of sulfonamides is 1. The molecule has 1 N–H and O–H groups in total. The Morgan fingerprint density at radius 2 is 1.95 bits per heavy atom. The van der Waals surface area contributed by atoms with Gasteiger partial charge in [-0.3, -0.25) is 4.31 Å². The molecule has 2 aromatic heterocycles. The van der Waals surface area contributed by atoms with Crippen LogP contribution < -0.4 is 9.99 Å². The molecule has 0 fully saturated rings. The first kappa shape index (κ1) is 16.5. The van der Waals surface area contributed by atoms with Crippen molar-refractivity contribution in [2.45, 2.75) is 40.0 Å². The first-order valence-corrected chi connectivity index (χ1v) is 8.71. The highest BCUT2D eigenvalue weighted by Crippen LogP contribution is 2.26. The van der Waals surface area contributed by atoms with Gasteiger partial charge in [0, 0.05) is 18.2 Å². The molecule has 0 aliphatic rings. The maximum atomic E-state index is 12.3. The fourth-order valence-corrected chi connectivity index (χ4v) is 3.15. The topological polar surface area (TPSA) is 100 Å². The number of nitrogens with one attached hydrogen (secondary N) is 1. The van der Waals surface area contributed by atoms with E-state index in [1.807, 2.05) is 20.8 Å². The summed E-state index contributed by atoms with van der Waals surface area (Å²) in [6.45, 7) is 9.34. The Hall–Kier alpha value is -1.90. The largest absolute Gasteiger partial charge is 0.347 e. The first-order chi connectivity index (χ1) is 10.1. The summed E-state index contributed by atoms with van der Waals surface area (Å²) in [4.78, 5) is 16.4. The van der Waals surface area contributed by atoms with Crippen LogP contribution in [-0.4, -0.2) is 40.3 Å². The van der Waals surface area contributed by atoms with Crippen LogP contribution in [-0.2, 0) is 15.4 Å². The Labute approximate surface area is 129 Å². The van der Waals surface area contributed by atoms with Crippen LogP contribution in [0.25, 0.3) is 5.65 Å². The molecule has 0 radical (unpaired) electrons. The average Bonchev–Trinajstić information content (AvgIpc) is 2.80. The Kier molecular flexibility index (Phi) is 4.03. The average molecular weight is 327 g/mol. The minimum absolute atomic E-state index is 0.0525. The van der Waals surface area contributed by atoms with Crippen molar-refractivity contribution in [1.82, 2.24) is 19.6 Å². The van der Waals surface area contributed by atoms with E-state index < -0.39 is 15.7 Å². The molecule has 0 saturated heterocycles. The monoisotopic (exact) mass is 327 g/mol. The number of fused-ring (bicyclic) bond motifs is 1. The molecule has 0 saturated carbocycles. The van der Waals surface area contributed by atoms with E-state index in [0.29, 0.717) is 5.69 Å². The number of hydrogen-bond donors (Lipinski definition) is 1. The lowest BCUT2D eigenvalue weighted by Gasteiger charge is -2.24. The van der Waals surface area contributed by atoms with Crippen LogP contribution in [0.2, 0.25) is 0 Å². The minimum Gasteiger partial charge on any atom is -0.251 e. The zero-order chi connectivity index (χ0) is 16.7. The molecule has 2 heterocycles. The zero-order valence-electron chi connectivity index (χ0n) is 13.4. The van der Waals surface area contributed by atoms with Crippen LogP contribution in [0.1, 0.15) is 40.3 Å². The van der Waals surface area contributed by atoms with Gasteiger partial charge < -0.3 is 0 Å². The van der Waals surface area contributed by atoms with E-state index in [1.54, 1.807) is 20.0 Å². The predicted molar refractivity (Wildman–Crippen MR) is 84.8 cm³/mol. The zero-order valence-corrected chi connectivity index (χ0v) is 14.2. The van der Waals surface area contributed by atoms with Crippen LogP contribution in [0.5, 0.6) is 0 Å². The van der Waals surface area contributed by atoms with Gasteiger partial charge in [0.2, 0.25) is 15.7 Å². The van der Waals surface area contributed by atoms with Crippen molar-refractivity contribution in [2.75, 3.05) is 16.6 Å². The van der Waals surface area contributed by atoms with Crippen LogP contribution in [0.15, 0.2) is 11.0 Å². The normalized spacial score (nSPS) is 12.8. The minimum atomic E-state index is -3.51. The molecule has 0 unspecified atom stereocenters. The number of H-pyrrole nitrogens is 1. The van der Waals surface area contributed by atoms with E-state index in [9.17, 15) is 13.2 Å². The van der Waals surface area contributed by atoms with Gasteiger partial charge in [0.05, 0.1) is 11.4 Å². The third-order valence-electron chi connectivity index (χ3n) is 3.37. The molecule has 0 spiro atoms. The molecule has 22 heavy (non-hydrogen) atoms. The summed E-state index contributed by atoms with van der Waals surface area (Å²) in [5, 5.41) is 6.25. The highest BCUT2D eigenvalue weighted by atomic mass is 32.2. The molecular weight excluding hydrogens is 306 g/mol. The van der Waals surface area contributed by atoms with Gasteiger partial charge in [-0.1, -0.05) is 20.8 Å². The number of nitrogens with zero attached hydrogens (tertiary/aromatic N) is 4. The van der Waals surface area contributed by atoms with E-state index in [4.69, 9.17) is 0 Å². The summed E-state index contributed by atoms with van der Waals surface area (Å²) in [5.41, 5.74) is 0.0592. The van der Waals surface area contributed by atoms with Crippen LogP contribution in [0.3, 0.4) is 0 Å². The van der Waals surface area contributed by atoms with Crippen LogP contribution in [0, 0.1) is 0 Å². The highest BCUT2D eigenvalue weighted by Gasteiger charge is 2.27. The fourth-order valence-electron chi connectivity index (χ4n) is 2.06. The van der Waals surface area contributed by atoms with Gasteiger partial charge in [-0.25, -0.2) is 27.7 Å². The van der Waals surface area contributed by atoms with E-state index in [0.717, 1.165) is 0 Å². The summed E-state index contributed by atoms with van der Waals surface area (Å²) >= 11 is 0. The van der Waals surface area contributed by atoms with Crippen molar-refractivity contribution >= 4 is 21.5 Å². The molecular formula is C13H21N5O3S. The number of hydrogen-bond acceptors (Lipinski definition) is 5. The van der Waals surface area contributed by atoms with Crippen molar-refractivity contribution in [1.29, 1.82) is 0 Å². The predicted octanol–water partition coefficient (Wildman–Crippen LogP) is 0.891. The molecule has 0 amide bonds. The maximum absolute atomic E-state index is 12.3. The third-order valence-corrected chi connectivity index (χ3v) is 5.21. The Morgan fingerprint density at radius 3 is 2.45 bits per heavy atom. The highest BCUT2D eigenvalue weighted by molar-refractivity contribution is 7.92. The van der Waals surface area contributed by atoms with Gasteiger partial charge >= 0.3 is 5.69 Å². The van der Waals surface area contributed by atoms with Gasteiger partial charge in [0.1, 0.15) is 0 Å². The van der Waals surface area contributed by atoms with Gasteiger partial charge in [0.25, 0.3) is 0 Å². The van der Waals surface area contributed by atoms with Gasteiger partial charge in [-0.05, 0) is 13.8 Å². The van der Waals surface area contributed by atoms with E-state index in [1.165, 1.54) is 8.71 Å². The number of anilines is 1. The Bertz CT molecular complexity index is 845. The molecule has 122 valence electrons. The van der Waals surface area contributed by atoms with Gasteiger partial charge in [0.15, 0.2) is 5.82 Å². The van der Waals surface area contributed by atoms with Gasteiger partial charge in [-0.15, -0.1) is 5.10 Å². The lowest BCUT2D eigenvalue weighted by Crippen LogP contribution is -2.34. The fraction of sp³-hybridized carbons (Fsp3) is 0.615. The molecule has 2 rings (SSSR count). The molecule has 0 aromatic carbocycles. The van der Waals surface area contributed by atoms with Crippen molar-refractivity contribution < 1.29 is 8.42 Å². The standard InChI is InChI=1S/C13H21N5O3S/c1-6-18(22(20,21)7-2)10-11-15-16-12(19)17(11)8-9(14-10)13(3,4)5/h8H,6-7H2,1-5H3,(H,16,19). The van der Waals surface area contributed by atoms with E-state index in [-0.39, 0.29) is 29.2 Å². The molecule has 0 atom stereocenters. The summed E-state index contributed by atoms with van der Waals surface area (Å²) in [6, 6.07) is 0. The van der Waals surface area contributed by atoms with Crippen molar-refractivity contribution in [2.24, 2.45) is 0 Å². The van der Waals surface area contributed by atoms with Crippen LogP contribution >= 0.6 is 0 Å². The first-order valence-electron chi connectivity index (χ1n) is 7.10. The number of aromatic nitrogens is 4. The second-order valence-electron chi connectivity index (χ2n) is 5.99. The SMILES string of the molecule is CCN(c1nc(C(C)(C)C)cn2c(=O)[nH]nc12)S(=O)(=O)CC. The molecule has 8 nitrogen and oxygen atoms in total. The summed E-state index contributed by atoms with van der Waals surface area (Å²) < 4.78 is 27.1. The number of rotatable bonds is 4. The molecule has 0 bridgehead atoms. The second kappa shape index (κ2) is 5.38. The smallest absolute Gasteiger partial charge is 0.251 e. The molecule has 0 aliphatic heterocycles. The molecule has 2 aromatic rings. The maximum Gasteiger partial charge on any atom is 0.347 e. The summed E-state index contributed by atoms with van der Waals surface area (Å²) in [5.74, 6) is 0.124. The third kappa shape index (κ3) is 2.72. The summed E-state index contributed by atoms with van der Waals surface area (Å²) in [6.07, 6.45) is 1.59. The molecule has 0 aliphatic carbocycles. The lowest BCUT2D eigenvalue weighted by molar-refractivity contribution is 0.562. The van der Waals surface area contributed by atoms with Crippen molar-refractivity contribution in [3.8, 4) is 0 Å². The van der Waals surface area contributed by atoms with Crippen molar-refractivity contribution in [3.63, 3.8) is 0 Å². The van der Waals surface area contributed by atoms with Crippen molar-refractivity contribution in [3.05, 3.63) is 22.4 Å². The quantitative estimate of drug-likeness (QED) is 0.899. The Morgan fingerprint density at radius 1 is 1.32 bits per heavy atom. The summed E-state index contributed by atoms with van der Waals surface area (Å²) in [7, 11) is -3.51. The van der Waals surface area contributed by atoms with E-state index >= 15 is 0 Å². The lowest BCUT2D eigenvalue weighted by atomic mass is 9.93.